The fourth-order valence-electron chi connectivity index (χ4n) is 4.36. The molecule has 1 amide bonds. The van der Waals surface area contributed by atoms with Gasteiger partial charge in [0.05, 0.1) is 0 Å². The summed E-state index contributed by atoms with van der Waals surface area (Å²) in [6.45, 7) is 2.26. The van der Waals surface area contributed by atoms with E-state index in [2.05, 4.69) is 29.4 Å². The molecule has 1 heterocycles. The van der Waals surface area contributed by atoms with E-state index >= 15 is 0 Å². The van der Waals surface area contributed by atoms with Gasteiger partial charge in [0.1, 0.15) is 5.82 Å². The largest absolute Gasteiger partial charge is 0.481 e. The van der Waals surface area contributed by atoms with Gasteiger partial charge >= 0.3 is 5.97 Å². The summed E-state index contributed by atoms with van der Waals surface area (Å²) < 4.78 is 0. The first kappa shape index (κ1) is 27.7. The highest BCUT2D eigenvalue weighted by atomic mass is 16.4. The van der Waals surface area contributed by atoms with Crippen LogP contribution in [-0.2, 0) is 16.0 Å². The summed E-state index contributed by atoms with van der Waals surface area (Å²) in [6.07, 6.45) is 21.7. The molecule has 3 N–H and O–H groups in total. The van der Waals surface area contributed by atoms with Crippen molar-refractivity contribution in [3.05, 3.63) is 42.0 Å². The van der Waals surface area contributed by atoms with Crippen molar-refractivity contribution in [2.24, 2.45) is 0 Å². The van der Waals surface area contributed by atoms with Gasteiger partial charge < -0.3 is 15.4 Å². The minimum absolute atomic E-state index is 0.0132. The third kappa shape index (κ3) is 11.0. The van der Waals surface area contributed by atoms with Crippen LogP contribution in [0, 0.1) is 0 Å². The molecular weight excluding hydrogens is 424 g/mol. The van der Waals surface area contributed by atoms with Gasteiger partial charge in [-0.2, -0.15) is 0 Å². The average Bonchev–Trinajstić information content (AvgIpc) is 3.16. The average molecular weight is 469 g/mol. The van der Waals surface area contributed by atoms with Crippen LogP contribution in [0.4, 0.5) is 5.82 Å². The van der Waals surface area contributed by atoms with Crippen molar-refractivity contribution < 1.29 is 14.7 Å². The Balaban J connectivity index is 1.57. The van der Waals surface area contributed by atoms with Crippen LogP contribution in [-0.4, -0.2) is 22.0 Å². The van der Waals surface area contributed by atoms with E-state index in [0.29, 0.717) is 18.7 Å². The van der Waals surface area contributed by atoms with Gasteiger partial charge in [0.25, 0.3) is 0 Å². The predicted octanol–water partition coefficient (Wildman–Crippen LogP) is 8.16. The number of unbranched alkanes of at least 4 members (excludes halogenated alkanes) is 11. The minimum Gasteiger partial charge on any atom is -0.481 e. The number of aryl methyl sites for hydroxylation is 1. The summed E-state index contributed by atoms with van der Waals surface area (Å²) in [5.74, 6) is -0.211. The monoisotopic (exact) mass is 468 g/mol. The number of fused-ring (bicyclic) bond motifs is 1. The van der Waals surface area contributed by atoms with Gasteiger partial charge in [-0.15, -0.1) is 0 Å². The molecule has 1 aromatic carbocycles. The Morgan fingerprint density at radius 1 is 0.853 bits per heavy atom. The molecule has 1 aromatic heterocycles. The number of aromatic nitrogens is 1. The van der Waals surface area contributed by atoms with Crippen LogP contribution >= 0.6 is 0 Å². The Kier molecular flexibility index (Phi) is 13.8. The van der Waals surface area contributed by atoms with Crippen molar-refractivity contribution in [3.8, 4) is 0 Å². The van der Waals surface area contributed by atoms with Crippen molar-refractivity contribution in [2.45, 2.75) is 110 Å². The maximum Gasteiger partial charge on any atom is 0.303 e. The van der Waals surface area contributed by atoms with Crippen LogP contribution in [0.2, 0.25) is 0 Å². The molecule has 0 unspecified atom stereocenters. The highest BCUT2D eigenvalue weighted by Crippen LogP contribution is 2.27. The van der Waals surface area contributed by atoms with E-state index in [9.17, 15) is 9.59 Å². The Bertz CT molecular complexity index is 885. The van der Waals surface area contributed by atoms with E-state index in [1.807, 2.05) is 24.3 Å². The van der Waals surface area contributed by atoms with Crippen LogP contribution in [0.5, 0.6) is 0 Å². The predicted molar refractivity (Wildman–Crippen MR) is 142 cm³/mol. The van der Waals surface area contributed by atoms with Crippen molar-refractivity contribution in [1.29, 1.82) is 0 Å². The lowest BCUT2D eigenvalue weighted by atomic mass is 10.1. The zero-order valence-corrected chi connectivity index (χ0v) is 21.0. The van der Waals surface area contributed by atoms with Crippen LogP contribution in [0.25, 0.3) is 10.9 Å². The van der Waals surface area contributed by atoms with E-state index in [1.54, 1.807) is 0 Å². The van der Waals surface area contributed by atoms with Gasteiger partial charge in [0.15, 0.2) is 0 Å². The molecule has 0 aliphatic carbocycles. The molecule has 0 radical (unpaired) electrons. The zero-order valence-electron chi connectivity index (χ0n) is 21.0. The van der Waals surface area contributed by atoms with Crippen LogP contribution in [0.3, 0.4) is 0 Å². The smallest absolute Gasteiger partial charge is 0.303 e. The zero-order chi connectivity index (χ0) is 24.4. The number of benzene rings is 1. The number of H-pyrrole nitrogens is 1. The van der Waals surface area contributed by atoms with Crippen molar-refractivity contribution >= 4 is 28.6 Å². The number of carboxylic acid groups (broad SMARTS) is 1. The number of para-hydroxylation sites is 1. The molecule has 0 fully saturated rings. The summed E-state index contributed by atoms with van der Waals surface area (Å²) in [5.41, 5.74) is 1.79. The van der Waals surface area contributed by atoms with Crippen LogP contribution in [0.15, 0.2) is 36.4 Å². The van der Waals surface area contributed by atoms with E-state index in [1.165, 1.54) is 57.8 Å². The molecule has 0 saturated heterocycles. The maximum absolute atomic E-state index is 12.5. The minimum atomic E-state index is -0.837. The Hall–Kier alpha value is -2.56. The second kappa shape index (κ2) is 17.0. The second-order valence-electron chi connectivity index (χ2n) is 9.30. The number of hydrogen-bond acceptors (Lipinski definition) is 2. The number of hydrogen-bond donors (Lipinski definition) is 3. The highest BCUT2D eigenvalue weighted by Gasteiger charge is 2.14. The maximum atomic E-state index is 12.5. The summed E-state index contributed by atoms with van der Waals surface area (Å²) in [4.78, 5) is 26.7. The lowest BCUT2D eigenvalue weighted by Gasteiger charge is -2.07. The SMILES string of the molecule is CCCCCCCCC=CCCCCCCCC(=O)Nc1[nH]c2ccccc2c1CCC(=O)O. The summed E-state index contributed by atoms with van der Waals surface area (Å²) in [7, 11) is 0. The topological polar surface area (TPSA) is 82.2 Å². The number of amides is 1. The molecule has 0 aliphatic rings. The third-order valence-electron chi connectivity index (χ3n) is 6.33. The number of carbonyl (C=O) groups is 2. The van der Waals surface area contributed by atoms with Gasteiger partial charge in [-0.3, -0.25) is 9.59 Å². The third-order valence-corrected chi connectivity index (χ3v) is 6.33. The Morgan fingerprint density at radius 3 is 2.15 bits per heavy atom. The molecule has 5 heteroatoms. The molecule has 0 bridgehead atoms. The van der Waals surface area contributed by atoms with Gasteiger partial charge in [0, 0.05) is 29.3 Å². The molecule has 188 valence electrons. The molecule has 5 nitrogen and oxygen atoms in total. The molecule has 0 saturated carbocycles. The summed E-state index contributed by atoms with van der Waals surface area (Å²) in [5, 5.41) is 13.0. The first-order valence-electron chi connectivity index (χ1n) is 13.4. The van der Waals surface area contributed by atoms with Crippen LogP contribution < -0.4 is 5.32 Å². The van der Waals surface area contributed by atoms with Gasteiger partial charge in [-0.05, 0) is 44.6 Å². The standard InChI is InChI=1S/C29H44N2O3/c1-2-3-4-5-6-7-8-9-10-11-12-13-14-15-16-21-27(32)31-29-25(22-23-28(33)34)24-19-17-18-20-26(24)30-29/h9-10,17-20,30H,2-8,11-16,21-23H2,1H3,(H,31,32)(H,33,34). The number of allylic oxidation sites excluding steroid dienone is 2. The summed E-state index contributed by atoms with van der Waals surface area (Å²) in [6, 6.07) is 7.76. The lowest BCUT2D eigenvalue weighted by molar-refractivity contribution is -0.136. The number of nitrogens with one attached hydrogen (secondary N) is 2. The Morgan fingerprint density at radius 2 is 1.47 bits per heavy atom. The number of anilines is 1. The first-order chi connectivity index (χ1) is 16.6. The molecule has 2 aromatic rings. The number of carbonyl (C=O) groups excluding carboxylic acids is 1. The van der Waals surface area contributed by atoms with Crippen molar-refractivity contribution in [2.75, 3.05) is 5.32 Å². The molecule has 0 spiro atoms. The van der Waals surface area contributed by atoms with Crippen molar-refractivity contribution in [1.82, 2.24) is 4.98 Å². The van der Waals surface area contributed by atoms with E-state index in [0.717, 1.165) is 42.1 Å². The fraction of sp³-hybridized carbons (Fsp3) is 0.586. The molecule has 0 aliphatic heterocycles. The lowest BCUT2D eigenvalue weighted by Crippen LogP contribution is -2.13. The quantitative estimate of drug-likeness (QED) is 0.144. The number of rotatable bonds is 19. The second-order valence-corrected chi connectivity index (χ2v) is 9.30. The van der Waals surface area contributed by atoms with Gasteiger partial charge in [0.2, 0.25) is 5.91 Å². The van der Waals surface area contributed by atoms with Gasteiger partial charge in [-0.1, -0.05) is 88.6 Å². The summed E-state index contributed by atoms with van der Waals surface area (Å²) >= 11 is 0. The van der Waals surface area contributed by atoms with Crippen molar-refractivity contribution in [3.63, 3.8) is 0 Å². The number of aliphatic carboxylic acids is 1. The Labute approximate surface area is 205 Å². The number of carboxylic acids is 1. The van der Waals surface area contributed by atoms with E-state index < -0.39 is 5.97 Å². The molecule has 2 rings (SSSR count). The van der Waals surface area contributed by atoms with E-state index in [4.69, 9.17) is 5.11 Å². The first-order valence-corrected chi connectivity index (χ1v) is 13.4. The van der Waals surface area contributed by atoms with Gasteiger partial charge in [-0.25, -0.2) is 0 Å². The van der Waals surface area contributed by atoms with Crippen LogP contribution in [0.1, 0.15) is 109 Å². The molecule has 0 atom stereocenters. The number of aromatic amines is 1. The normalized spacial score (nSPS) is 11.4. The fourth-order valence-corrected chi connectivity index (χ4v) is 4.36. The van der Waals surface area contributed by atoms with E-state index in [-0.39, 0.29) is 12.3 Å². The molecular formula is C29H44N2O3. The molecule has 34 heavy (non-hydrogen) atoms. The highest BCUT2D eigenvalue weighted by molar-refractivity contribution is 5.96.